The fourth-order valence-corrected chi connectivity index (χ4v) is 2.74. The van der Waals surface area contributed by atoms with Crippen molar-refractivity contribution in [2.45, 2.75) is 33.6 Å². The standard InChI is InChI=1S/C13H18N4OS/c1-7(2)10-6-19-13(14-10)15-12(18)11-8(3)16-17(5)9(11)4/h6-7H,1-5H3,(H,14,15,18). The van der Waals surface area contributed by atoms with Gasteiger partial charge in [-0.05, 0) is 19.8 Å². The number of hydrogen-bond acceptors (Lipinski definition) is 4. The molecule has 2 aromatic heterocycles. The molecule has 0 spiro atoms. The second kappa shape index (κ2) is 5.13. The van der Waals surface area contributed by atoms with Crippen molar-refractivity contribution in [2.24, 2.45) is 7.05 Å². The zero-order chi connectivity index (χ0) is 14.2. The monoisotopic (exact) mass is 278 g/mol. The molecule has 0 aliphatic rings. The van der Waals surface area contributed by atoms with Crippen LogP contribution in [-0.2, 0) is 7.05 Å². The van der Waals surface area contributed by atoms with Crippen molar-refractivity contribution in [3.05, 3.63) is 28.0 Å². The quantitative estimate of drug-likeness (QED) is 0.939. The van der Waals surface area contributed by atoms with E-state index in [0.717, 1.165) is 17.1 Å². The Labute approximate surface area is 116 Å². The zero-order valence-electron chi connectivity index (χ0n) is 11.8. The predicted molar refractivity (Wildman–Crippen MR) is 76.8 cm³/mol. The third-order valence-electron chi connectivity index (χ3n) is 3.07. The summed E-state index contributed by atoms with van der Waals surface area (Å²) in [5.74, 6) is 0.219. The molecule has 6 heteroatoms. The maximum atomic E-state index is 12.3. The number of aromatic nitrogens is 3. The summed E-state index contributed by atoms with van der Waals surface area (Å²) in [7, 11) is 1.83. The molecule has 0 bridgehead atoms. The fourth-order valence-electron chi connectivity index (χ4n) is 1.87. The van der Waals surface area contributed by atoms with E-state index in [1.54, 1.807) is 4.68 Å². The van der Waals surface area contributed by atoms with Crippen LogP contribution in [0, 0.1) is 13.8 Å². The molecule has 19 heavy (non-hydrogen) atoms. The maximum Gasteiger partial charge on any atom is 0.261 e. The molecule has 0 aliphatic heterocycles. The number of anilines is 1. The van der Waals surface area contributed by atoms with E-state index >= 15 is 0 Å². The SMILES string of the molecule is Cc1nn(C)c(C)c1C(=O)Nc1nc(C(C)C)cs1. The Morgan fingerprint density at radius 2 is 2.11 bits per heavy atom. The van der Waals surface area contributed by atoms with Crippen LogP contribution < -0.4 is 5.32 Å². The predicted octanol–water partition coefficient (Wildman–Crippen LogP) is 2.87. The van der Waals surface area contributed by atoms with E-state index in [9.17, 15) is 4.79 Å². The molecule has 0 aromatic carbocycles. The minimum absolute atomic E-state index is 0.146. The van der Waals surface area contributed by atoms with Gasteiger partial charge in [0, 0.05) is 18.1 Å². The van der Waals surface area contributed by atoms with Crippen molar-refractivity contribution in [1.29, 1.82) is 0 Å². The van der Waals surface area contributed by atoms with Crippen LogP contribution in [0.15, 0.2) is 5.38 Å². The van der Waals surface area contributed by atoms with Gasteiger partial charge in [-0.1, -0.05) is 13.8 Å². The third kappa shape index (κ3) is 2.68. The average molecular weight is 278 g/mol. The first-order valence-corrected chi connectivity index (χ1v) is 7.05. The molecule has 0 saturated carbocycles. The van der Waals surface area contributed by atoms with Gasteiger partial charge in [-0.3, -0.25) is 14.8 Å². The Hall–Kier alpha value is -1.69. The summed E-state index contributed by atoms with van der Waals surface area (Å²) in [6.45, 7) is 7.88. The molecule has 1 amide bonds. The van der Waals surface area contributed by atoms with Crippen molar-refractivity contribution in [2.75, 3.05) is 5.32 Å². The molecule has 2 rings (SSSR count). The minimum Gasteiger partial charge on any atom is -0.298 e. The largest absolute Gasteiger partial charge is 0.298 e. The van der Waals surface area contributed by atoms with Crippen molar-refractivity contribution >= 4 is 22.4 Å². The highest BCUT2D eigenvalue weighted by Gasteiger charge is 2.18. The molecule has 0 saturated heterocycles. The number of nitrogens with zero attached hydrogens (tertiary/aromatic N) is 3. The van der Waals surface area contributed by atoms with Crippen LogP contribution in [-0.4, -0.2) is 20.7 Å². The first-order chi connectivity index (χ1) is 8.90. The number of carbonyl (C=O) groups is 1. The number of hydrogen-bond donors (Lipinski definition) is 1. The molecular formula is C13H18N4OS. The smallest absolute Gasteiger partial charge is 0.261 e. The first kappa shape index (κ1) is 13.7. The van der Waals surface area contributed by atoms with E-state index in [1.807, 2.05) is 26.3 Å². The Morgan fingerprint density at radius 1 is 1.42 bits per heavy atom. The number of rotatable bonds is 3. The zero-order valence-corrected chi connectivity index (χ0v) is 12.6. The molecule has 0 unspecified atom stereocenters. The second-order valence-corrected chi connectivity index (χ2v) is 5.71. The number of carbonyl (C=O) groups excluding carboxylic acids is 1. The molecule has 1 N–H and O–H groups in total. The van der Waals surface area contributed by atoms with Gasteiger partial charge in [-0.25, -0.2) is 4.98 Å². The van der Waals surface area contributed by atoms with E-state index in [-0.39, 0.29) is 5.91 Å². The van der Waals surface area contributed by atoms with Crippen LogP contribution in [0.4, 0.5) is 5.13 Å². The Morgan fingerprint density at radius 3 is 2.58 bits per heavy atom. The summed E-state index contributed by atoms with van der Waals surface area (Å²) in [4.78, 5) is 16.7. The normalized spacial score (nSPS) is 11.1. The van der Waals surface area contributed by atoms with Crippen LogP contribution in [0.25, 0.3) is 0 Å². The van der Waals surface area contributed by atoms with Gasteiger partial charge in [0.25, 0.3) is 5.91 Å². The Balaban J connectivity index is 2.21. The van der Waals surface area contributed by atoms with Gasteiger partial charge < -0.3 is 0 Å². The van der Waals surface area contributed by atoms with Crippen molar-refractivity contribution in [3.63, 3.8) is 0 Å². The van der Waals surface area contributed by atoms with E-state index in [0.29, 0.717) is 16.6 Å². The third-order valence-corrected chi connectivity index (χ3v) is 3.85. The molecule has 5 nitrogen and oxygen atoms in total. The molecule has 0 aliphatic carbocycles. The average Bonchev–Trinajstić information content (AvgIpc) is 2.85. The molecule has 2 aromatic rings. The van der Waals surface area contributed by atoms with Gasteiger partial charge >= 0.3 is 0 Å². The number of aryl methyl sites for hydroxylation is 2. The van der Waals surface area contributed by atoms with Crippen LogP contribution in [0.5, 0.6) is 0 Å². The van der Waals surface area contributed by atoms with Crippen LogP contribution >= 0.6 is 11.3 Å². The number of thiazole rings is 1. The van der Waals surface area contributed by atoms with Crippen LogP contribution in [0.2, 0.25) is 0 Å². The highest BCUT2D eigenvalue weighted by molar-refractivity contribution is 7.14. The summed E-state index contributed by atoms with van der Waals surface area (Å²) >= 11 is 1.45. The summed E-state index contributed by atoms with van der Waals surface area (Å²) in [5, 5.41) is 9.70. The molecule has 0 atom stereocenters. The summed E-state index contributed by atoms with van der Waals surface area (Å²) in [5.41, 5.74) is 3.22. The number of nitrogens with one attached hydrogen (secondary N) is 1. The lowest BCUT2D eigenvalue weighted by Crippen LogP contribution is -2.14. The summed E-state index contributed by atoms with van der Waals surface area (Å²) in [6.07, 6.45) is 0. The van der Waals surface area contributed by atoms with Crippen molar-refractivity contribution < 1.29 is 4.79 Å². The second-order valence-electron chi connectivity index (χ2n) is 4.86. The van der Waals surface area contributed by atoms with Gasteiger partial charge in [0.05, 0.1) is 17.0 Å². The van der Waals surface area contributed by atoms with Crippen molar-refractivity contribution in [3.8, 4) is 0 Å². The van der Waals surface area contributed by atoms with Gasteiger partial charge in [-0.15, -0.1) is 11.3 Å². The maximum absolute atomic E-state index is 12.3. The van der Waals surface area contributed by atoms with Gasteiger partial charge in [-0.2, -0.15) is 5.10 Å². The fraction of sp³-hybridized carbons (Fsp3) is 0.462. The molecular weight excluding hydrogens is 260 g/mol. The Bertz CT molecular complexity index is 612. The highest BCUT2D eigenvalue weighted by atomic mass is 32.1. The summed E-state index contributed by atoms with van der Waals surface area (Å²) in [6, 6.07) is 0. The first-order valence-electron chi connectivity index (χ1n) is 6.17. The lowest BCUT2D eigenvalue weighted by Gasteiger charge is -2.02. The van der Waals surface area contributed by atoms with Crippen LogP contribution in [0.1, 0.15) is 47.2 Å². The highest BCUT2D eigenvalue weighted by Crippen LogP contribution is 2.22. The minimum atomic E-state index is -0.146. The summed E-state index contributed by atoms with van der Waals surface area (Å²) < 4.78 is 1.71. The van der Waals surface area contributed by atoms with Crippen LogP contribution in [0.3, 0.4) is 0 Å². The Kier molecular flexibility index (Phi) is 3.71. The lowest BCUT2D eigenvalue weighted by molar-refractivity contribution is 0.102. The molecule has 0 fully saturated rings. The molecule has 2 heterocycles. The van der Waals surface area contributed by atoms with E-state index in [2.05, 4.69) is 29.2 Å². The van der Waals surface area contributed by atoms with Gasteiger partial charge in [0.15, 0.2) is 5.13 Å². The molecule has 0 radical (unpaired) electrons. The topological polar surface area (TPSA) is 59.8 Å². The molecule has 102 valence electrons. The van der Waals surface area contributed by atoms with E-state index in [4.69, 9.17) is 0 Å². The van der Waals surface area contributed by atoms with Gasteiger partial charge in [0.1, 0.15) is 0 Å². The lowest BCUT2D eigenvalue weighted by atomic mass is 10.2. The van der Waals surface area contributed by atoms with Gasteiger partial charge in [0.2, 0.25) is 0 Å². The van der Waals surface area contributed by atoms with E-state index in [1.165, 1.54) is 11.3 Å². The van der Waals surface area contributed by atoms with Crippen molar-refractivity contribution in [1.82, 2.24) is 14.8 Å². The number of amides is 1. The van der Waals surface area contributed by atoms with E-state index < -0.39 is 0 Å².